The van der Waals surface area contributed by atoms with Crippen LogP contribution in [-0.2, 0) is 5.41 Å². The van der Waals surface area contributed by atoms with Gasteiger partial charge in [-0.15, -0.1) is 0 Å². The second kappa shape index (κ2) is 14.8. The van der Waals surface area contributed by atoms with Crippen LogP contribution in [0, 0.1) is 0 Å². The van der Waals surface area contributed by atoms with Gasteiger partial charge in [-0.05, 0) is 97.2 Å². The van der Waals surface area contributed by atoms with E-state index in [1.807, 2.05) is 0 Å². The second-order valence-corrected chi connectivity index (χ2v) is 17.2. The Morgan fingerprint density at radius 2 is 0.800 bits per heavy atom. The Bertz CT molecular complexity index is 3540. The van der Waals surface area contributed by atoms with E-state index in [2.05, 4.69) is 254 Å². The van der Waals surface area contributed by atoms with E-state index >= 15 is 0 Å². The Balaban J connectivity index is 1.03. The molecular weight excluding hydrogens is 787 g/mol. The van der Waals surface area contributed by atoms with E-state index in [1.165, 1.54) is 55.6 Å². The van der Waals surface area contributed by atoms with E-state index in [-0.39, 0.29) is 0 Å². The smallest absolute Gasteiger partial charge is 0.140 e. The van der Waals surface area contributed by atoms with Crippen LogP contribution in [-0.4, -0.2) is 0 Å². The Morgan fingerprint density at radius 1 is 0.292 bits per heavy atom. The molecule has 65 heavy (non-hydrogen) atoms. The van der Waals surface area contributed by atoms with Crippen molar-refractivity contribution >= 4 is 38.6 Å². The maximum Gasteiger partial charge on any atom is 0.140 e. The summed E-state index contributed by atoms with van der Waals surface area (Å²) in [5, 5.41) is 4.56. The van der Waals surface area contributed by atoms with Crippen LogP contribution in [0.15, 0.2) is 249 Å². The number of anilines is 3. The molecule has 2 heteroatoms. The predicted molar refractivity (Wildman–Crippen MR) is 270 cm³/mol. The quantitative estimate of drug-likeness (QED) is 0.166. The molecule has 1 spiro atoms. The van der Waals surface area contributed by atoms with Gasteiger partial charge in [0.25, 0.3) is 0 Å². The van der Waals surface area contributed by atoms with E-state index in [4.69, 9.17) is 4.74 Å². The molecular formula is C63H41NO. The molecule has 0 atom stereocenters. The standard InChI is InChI=1S/C63H41NO/c1-3-16-42(17-4-1)44-30-35-49(36-31-44)64(50-23-15-22-47(40-50)43-18-5-2-6-19-43)60-29-14-12-24-51(60)48-34-37-57-55(41-48)54-27-11-13-28-56(54)63(57)58-38-32-45-20-7-9-25-52(45)61(58)65-62-53-26-10-8-21-46(53)33-39-59(62)63/h1-41H. The van der Waals surface area contributed by atoms with Crippen LogP contribution < -0.4 is 9.64 Å². The molecule has 2 aliphatic rings. The van der Waals surface area contributed by atoms with Crippen LogP contribution in [0.2, 0.25) is 0 Å². The summed E-state index contributed by atoms with van der Waals surface area (Å²) in [7, 11) is 0. The summed E-state index contributed by atoms with van der Waals surface area (Å²) in [5.74, 6) is 1.85. The summed E-state index contributed by atoms with van der Waals surface area (Å²) in [6.45, 7) is 0. The molecule has 11 aromatic rings. The molecule has 0 aromatic heterocycles. The normalized spacial score (nSPS) is 12.9. The molecule has 13 rings (SSSR count). The van der Waals surface area contributed by atoms with E-state index < -0.39 is 5.41 Å². The molecule has 11 aromatic carbocycles. The summed E-state index contributed by atoms with van der Waals surface area (Å²) in [6.07, 6.45) is 0. The first-order chi connectivity index (χ1) is 32.2. The second-order valence-electron chi connectivity index (χ2n) is 17.2. The average molecular weight is 828 g/mol. The van der Waals surface area contributed by atoms with Gasteiger partial charge in [0, 0.05) is 38.8 Å². The first kappa shape index (κ1) is 37.1. The highest BCUT2D eigenvalue weighted by molar-refractivity contribution is 6.01. The molecule has 1 heterocycles. The summed E-state index contributed by atoms with van der Waals surface area (Å²) in [5.41, 5.74) is 17.1. The molecule has 0 saturated heterocycles. The Morgan fingerprint density at radius 3 is 1.49 bits per heavy atom. The molecule has 2 nitrogen and oxygen atoms in total. The van der Waals surface area contributed by atoms with Crippen molar-refractivity contribution in [1.29, 1.82) is 0 Å². The van der Waals surface area contributed by atoms with Crippen molar-refractivity contribution < 1.29 is 4.74 Å². The third-order valence-electron chi connectivity index (χ3n) is 13.7. The molecule has 0 amide bonds. The Kier molecular flexibility index (Phi) is 8.47. The van der Waals surface area contributed by atoms with Crippen LogP contribution in [0.25, 0.3) is 66.1 Å². The molecule has 0 saturated carbocycles. The zero-order chi connectivity index (χ0) is 42.9. The largest absolute Gasteiger partial charge is 0.455 e. The van der Waals surface area contributed by atoms with Crippen molar-refractivity contribution in [2.75, 3.05) is 4.90 Å². The molecule has 0 unspecified atom stereocenters. The SMILES string of the molecule is c1ccc(-c2ccc(N(c3cccc(-c4ccccc4)c3)c3ccccc3-c3ccc4c(c3)-c3ccccc3C43c4ccc5ccccc5c4Oc4c3ccc3ccccc43)cc2)cc1. The number of hydrogen-bond donors (Lipinski definition) is 0. The van der Waals surface area contributed by atoms with Gasteiger partial charge in [0.05, 0.1) is 11.1 Å². The number of fused-ring (bicyclic) bond motifs is 13. The third kappa shape index (κ3) is 5.74. The number of benzene rings is 11. The number of nitrogens with zero attached hydrogens (tertiary/aromatic N) is 1. The van der Waals surface area contributed by atoms with Gasteiger partial charge in [-0.1, -0.05) is 212 Å². The van der Waals surface area contributed by atoms with Gasteiger partial charge in [0.2, 0.25) is 0 Å². The topological polar surface area (TPSA) is 12.5 Å². The molecule has 0 N–H and O–H groups in total. The number of rotatable bonds is 6. The van der Waals surface area contributed by atoms with Gasteiger partial charge < -0.3 is 9.64 Å². The molecule has 304 valence electrons. The van der Waals surface area contributed by atoms with Crippen molar-refractivity contribution in [2.45, 2.75) is 5.41 Å². The molecule has 0 radical (unpaired) electrons. The van der Waals surface area contributed by atoms with E-state index in [1.54, 1.807) is 0 Å². The third-order valence-corrected chi connectivity index (χ3v) is 13.7. The minimum Gasteiger partial charge on any atom is -0.455 e. The van der Waals surface area contributed by atoms with Crippen molar-refractivity contribution in [3.05, 3.63) is 271 Å². The highest BCUT2D eigenvalue weighted by atomic mass is 16.5. The minimum absolute atomic E-state index is 0.606. The van der Waals surface area contributed by atoms with Gasteiger partial charge in [0.15, 0.2) is 0 Å². The Labute approximate surface area is 378 Å². The maximum atomic E-state index is 7.20. The molecule has 0 bridgehead atoms. The van der Waals surface area contributed by atoms with Crippen LogP contribution >= 0.6 is 0 Å². The zero-order valence-electron chi connectivity index (χ0n) is 35.5. The minimum atomic E-state index is -0.606. The Hall–Kier alpha value is -8.46. The maximum absolute atomic E-state index is 7.20. The molecule has 0 fully saturated rings. The van der Waals surface area contributed by atoms with Crippen LogP contribution in [0.3, 0.4) is 0 Å². The number of hydrogen-bond acceptors (Lipinski definition) is 2. The summed E-state index contributed by atoms with van der Waals surface area (Å²) >= 11 is 0. The van der Waals surface area contributed by atoms with Crippen LogP contribution in [0.1, 0.15) is 22.3 Å². The first-order valence-electron chi connectivity index (χ1n) is 22.4. The fourth-order valence-electron chi connectivity index (χ4n) is 10.8. The van der Waals surface area contributed by atoms with Crippen LogP contribution in [0.4, 0.5) is 17.1 Å². The van der Waals surface area contributed by atoms with Gasteiger partial charge >= 0.3 is 0 Å². The zero-order valence-corrected chi connectivity index (χ0v) is 35.5. The summed E-state index contributed by atoms with van der Waals surface area (Å²) in [6, 6.07) is 90.6. The van der Waals surface area contributed by atoms with Gasteiger partial charge in [-0.25, -0.2) is 0 Å². The van der Waals surface area contributed by atoms with Crippen molar-refractivity contribution in [2.24, 2.45) is 0 Å². The molecule has 1 aliphatic carbocycles. The van der Waals surface area contributed by atoms with Gasteiger partial charge in [-0.3, -0.25) is 0 Å². The number of ether oxygens (including phenoxy) is 1. The lowest BCUT2D eigenvalue weighted by Gasteiger charge is -2.40. The highest BCUT2D eigenvalue weighted by Crippen LogP contribution is 2.64. The monoisotopic (exact) mass is 827 g/mol. The fraction of sp³-hybridized carbons (Fsp3) is 0.0159. The van der Waals surface area contributed by atoms with Gasteiger partial charge in [-0.2, -0.15) is 0 Å². The first-order valence-corrected chi connectivity index (χ1v) is 22.4. The summed E-state index contributed by atoms with van der Waals surface area (Å²) in [4.78, 5) is 2.42. The van der Waals surface area contributed by atoms with E-state index in [9.17, 15) is 0 Å². The van der Waals surface area contributed by atoms with Gasteiger partial charge in [0.1, 0.15) is 11.5 Å². The molecule has 1 aliphatic heterocycles. The summed E-state index contributed by atoms with van der Waals surface area (Å²) < 4.78 is 7.20. The average Bonchev–Trinajstić information content (AvgIpc) is 3.67. The van der Waals surface area contributed by atoms with Crippen molar-refractivity contribution in [3.8, 4) is 56.0 Å². The van der Waals surface area contributed by atoms with E-state index in [0.717, 1.165) is 61.2 Å². The van der Waals surface area contributed by atoms with Crippen LogP contribution in [0.5, 0.6) is 11.5 Å². The van der Waals surface area contributed by atoms with Crippen molar-refractivity contribution in [1.82, 2.24) is 0 Å². The highest BCUT2D eigenvalue weighted by Gasteiger charge is 2.51. The lowest BCUT2D eigenvalue weighted by atomic mass is 9.65. The lowest BCUT2D eigenvalue weighted by Crippen LogP contribution is -2.32. The van der Waals surface area contributed by atoms with E-state index in [0.29, 0.717) is 0 Å². The lowest BCUT2D eigenvalue weighted by molar-refractivity contribution is 0.447. The van der Waals surface area contributed by atoms with Crippen molar-refractivity contribution in [3.63, 3.8) is 0 Å². The fourth-order valence-corrected chi connectivity index (χ4v) is 10.8. The predicted octanol–water partition coefficient (Wildman–Crippen LogP) is 16.9. The number of para-hydroxylation sites is 1.